The van der Waals surface area contributed by atoms with E-state index in [1.807, 2.05) is 28.8 Å². The Balaban J connectivity index is 2.06. The molecule has 0 aliphatic heterocycles. The van der Waals surface area contributed by atoms with Gasteiger partial charge in [0.2, 0.25) is 0 Å². The lowest BCUT2D eigenvalue weighted by atomic mass is 9.92. The van der Waals surface area contributed by atoms with Gasteiger partial charge in [0.15, 0.2) is 5.82 Å². The van der Waals surface area contributed by atoms with Gasteiger partial charge in [0.25, 0.3) is 0 Å². The molecule has 2 heterocycles. The molecule has 0 saturated carbocycles. The highest BCUT2D eigenvalue weighted by Gasteiger charge is 2.24. The van der Waals surface area contributed by atoms with Crippen LogP contribution in [-0.2, 0) is 5.41 Å². The van der Waals surface area contributed by atoms with Gasteiger partial charge >= 0.3 is 0 Å². The first-order valence-corrected chi connectivity index (χ1v) is 8.77. The number of azo groups is 1. The van der Waals surface area contributed by atoms with Crippen molar-refractivity contribution in [1.82, 2.24) is 9.38 Å². The van der Waals surface area contributed by atoms with Crippen molar-refractivity contribution in [1.29, 1.82) is 0 Å². The average Bonchev–Trinajstić information content (AvgIpc) is 2.94. The van der Waals surface area contributed by atoms with E-state index in [2.05, 4.69) is 70.0 Å². The van der Waals surface area contributed by atoms with Crippen molar-refractivity contribution in [2.24, 2.45) is 10.2 Å². The van der Waals surface area contributed by atoms with Gasteiger partial charge in [0, 0.05) is 11.6 Å². The van der Waals surface area contributed by atoms with E-state index in [1.165, 1.54) is 5.56 Å². The number of rotatable bonds is 3. The second-order valence-corrected chi connectivity index (χ2v) is 7.87. The molecule has 0 radical (unpaired) electrons. The van der Waals surface area contributed by atoms with Crippen LogP contribution in [0.3, 0.4) is 0 Å². The predicted octanol–water partition coefficient (Wildman–Crippen LogP) is 6.48. The number of hydrogen-bond acceptors (Lipinski definition) is 3. The number of hydrogen-bond donors (Lipinski definition) is 0. The SMILES string of the molecule is Cc1cccn2c(N=Nc3ccc(C(C)C)cc3)c(C(C)(C)C)nc12. The lowest BCUT2D eigenvalue weighted by Crippen LogP contribution is -2.11. The molecule has 0 spiro atoms. The lowest BCUT2D eigenvalue weighted by molar-refractivity contribution is 0.573. The largest absolute Gasteiger partial charge is 0.283 e. The van der Waals surface area contributed by atoms with E-state index in [9.17, 15) is 0 Å². The summed E-state index contributed by atoms with van der Waals surface area (Å²) in [6, 6.07) is 12.4. The molecule has 25 heavy (non-hydrogen) atoms. The Kier molecular flexibility index (Phi) is 4.46. The quantitative estimate of drug-likeness (QED) is 0.505. The summed E-state index contributed by atoms with van der Waals surface area (Å²) in [4.78, 5) is 4.84. The molecule has 0 N–H and O–H groups in total. The number of nitrogens with zero attached hydrogens (tertiary/aromatic N) is 4. The molecule has 0 aliphatic carbocycles. The van der Waals surface area contributed by atoms with Crippen LogP contribution in [0.2, 0.25) is 0 Å². The summed E-state index contributed by atoms with van der Waals surface area (Å²) in [5.74, 6) is 1.32. The molecule has 0 amide bonds. The monoisotopic (exact) mass is 334 g/mol. The van der Waals surface area contributed by atoms with Crippen LogP contribution in [0.25, 0.3) is 5.65 Å². The van der Waals surface area contributed by atoms with Crippen molar-refractivity contribution in [3.8, 4) is 0 Å². The van der Waals surface area contributed by atoms with Gasteiger partial charge in [0.1, 0.15) is 5.65 Å². The molecule has 3 rings (SSSR count). The normalized spacial score (nSPS) is 12.6. The number of aromatic nitrogens is 2. The number of imidazole rings is 1. The van der Waals surface area contributed by atoms with Crippen LogP contribution >= 0.6 is 0 Å². The molecule has 1 aromatic carbocycles. The van der Waals surface area contributed by atoms with Crippen LogP contribution in [0, 0.1) is 6.92 Å². The van der Waals surface area contributed by atoms with Crippen molar-refractivity contribution < 1.29 is 0 Å². The Labute approximate surface area is 149 Å². The topological polar surface area (TPSA) is 42.0 Å². The highest BCUT2D eigenvalue weighted by atomic mass is 15.2. The minimum Gasteiger partial charge on any atom is -0.283 e. The number of pyridine rings is 1. The van der Waals surface area contributed by atoms with Gasteiger partial charge in [-0.2, -0.15) is 0 Å². The minimum absolute atomic E-state index is 0.103. The van der Waals surface area contributed by atoms with Crippen LogP contribution in [0.1, 0.15) is 57.4 Å². The second kappa shape index (κ2) is 6.43. The van der Waals surface area contributed by atoms with E-state index in [-0.39, 0.29) is 5.41 Å². The summed E-state index contributed by atoms with van der Waals surface area (Å²) < 4.78 is 2.03. The fourth-order valence-electron chi connectivity index (χ4n) is 2.82. The molecule has 0 bridgehead atoms. The third-order valence-corrected chi connectivity index (χ3v) is 4.35. The molecule has 130 valence electrons. The van der Waals surface area contributed by atoms with Crippen LogP contribution in [0.4, 0.5) is 11.5 Å². The maximum Gasteiger partial charge on any atom is 0.183 e. The Morgan fingerprint density at radius 2 is 1.68 bits per heavy atom. The van der Waals surface area contributed by atoms with Gasteiger partial charge in [-0.25, -0.2) is 4.98 Å². The maximum atomic E-state index is 4.84. The zero-order chi connectivity index (χ0) is 18.2. The summed E-state index contributed by atoms with van der Waals surface area (Å²) in [5.41, 5.74) is 5.09. The number of fused-ring (bicyclic) bond motifs is 1. The summed E-state index contributed by atoms with van der Waals surface area (Å²) in [6.07, 6.45) is 2.00. The maximum absolute atomic E-state index is 4.84. The zero-order valence-corrected chi connectivity index (χ0v) is 15.9. The van der Waals surface area contributed by atoms with Gasteiger partial charge in [-0.15, -0.1) is 10.2 Å². The van der Waals surface area contributed by atoms with Crippen molar-refractivity contribution in [3.05, 3.63) is 59.4 Å². The second-order valence-electron chi connectivity index (χ2n) is 7.87. The van der Waals surface area contributed by atoms with Gasteiger partial charge in [-0.3, -0.25) is 4.40 Å². The van der Waals surface area contributed by atoms with E-state index < -0.39 is 0 Å². The van der Waals surface area contributed by atoms with Crippen LogP contribution in [0.15, 0.2) is 52.8 Å². The van der Waals surface area contributed by atoms with E-state index >= 15 is 0 Å². The third-order valence-electron chi connectivity index (χ3n) is 4.35. The molecule has 0 atom stereocenters. The van der Waals surface area contributed by atoms with Crippen LogP contribution in [-0.4, -0.2) is 9.38 Å². The summed E-state index contributed by atoms with van der Waals surface area (Å²) in [7, 11) is 0. The average molecular weight is 334 g/mol. The highest BCUT2D eigenvalue weighted by molar-refractivity contribution is 5.58. The Morgan fingerprint density at radius 1 is 1.00 bits per heavy atom. The van der Waals surface area contributed by atoms with E-state index in [0.29, 0.717) is 5.92 Å². The molecule has 2 aromatic heterocycles. The molecular weight excluding hydrogens is 308 g/mol. The molecular formula is C21H26N4. The summed E-state index contributed by atoms with van der Waals surface area (Å²) in [5, 5.41) is 9.04. The highest BCUT2D eigenvalue weighted by Crippen LogP contribution is 2.33. The molecule has 0 saturated heterocycles. The smallest absolute Gasteiger partial charge is 0.183 e. The third kappa shape index (κ3) is 3.48. The van der Waals surface area contributed by atoms with Gasteiger partial charge in [0.05, 0.1) is 11.4 Å². The number of aryl methyl sites for hydroxylation is 1. The lowest BCUT2D eigenvalue weighted by Gasteiger charge is -2.15. The summed E-state index contributed by atoms with van der Waals surface area (Å²) >= 11 is 0. The molecule has 3 aromatic rings. The van der Waals surface area contributed by atoms with E-state index in [1.54, 1.807) is 0 Å². The van der Waals surface area contributed by atoms with Crippen LogP contribution in [0.5, 0.6) is 0 Å². The molecule has 0 fully saturated rings. The molecule has 0 aliphatic rings. The van der Waals surface area contributed by atoms with Crippen molar-refractivity contribution >= 4 is 17.2 Å². The van der Waals surface area contributed by atoms with Gasteiger partial charge in [-0.1, -0.05) is 52.8 Å². The number of benzene rings is 1. The Bertz CT molecular complexity index is 909. The standard InChI is InChI=1S/C21H26N4/c1-14(2)16-9-11-17(12-10-16)23-24-20-18(21(4,5)6)22-19-15(3)8-7-13-25(19)20/h7-14H,1-6H3. The van der Waals surface area contributed by atoms with Gasteiger partial charge < -0.3 is 0 Å². The molecule has 4 heteroatoms. The fraction of sp³-hybridized carbons (Fsp3) is 0.381. The van der Waals surface area contributed by atoms with E-state index in [4.69, 9.17) is 4.98 Å². The van der Waals surface area contributed by atoms with Crippen molar-refractivity contribution in [2.45, 2.75) is 52.9 Å². The Hall–Kier alpha value is -2.49. The molecule has 4 nitrogen and oxygen atoms in total. The molecule has 0 unspecified atom stereocenters. The first-order valence-electron chi connectivity index (χ1n) is 8.77. The zero-order valence-electron chi connectivity index (χ0n) is 15.9. The first kappa shape index (κ1) is 17.3. The van der Waals surface area contributed by atoms with Gasteiger partial charge in [-0.05, 0) is 42.2 Å². The minimum atomic E-state index is -0.103. The van der Waals surface area contributed by atoms with E-state index in [0.717, 1.165) is 28.4 Å². The first-order chi connectivity index (χ1) is 11.8. The van der Waals surface area contributed by atoms with Crippen LogP contribution < -0.4 is 0 Å². The predicted molar refractivity (Wildman–Crippen MR) is 103 cm³/mol. The Morgan fingerprint density at radius 3 is 2.28 bits per heavy atom. The van der Waals surface area contributed by atoms with Crippen molar-refractivity contribution in [2.75, 3.05) is 0 Å². The van der Waals surface area contributed by atoms with Crippen molar-refractivity contribution in [3.63, 3.8) is 0 Å². The fourth-order valence-corrected chi connectivity index (χ4v) is 2.82. The summed E-state index contributed by atoms with van der Waals surface area (Å²) in [6.45, 7) is 12.9.